The Balaban J connectivity index is 1.61. The average molecular weight is 367 g/mol. The van der Waals surface area contributed by atoms with E-state index >= 15 is 0 Å². The monoisotopic (exact) mass is 367 g/mol. The number of hydrogen-bond acceptors (Lipinski definition) is 1. The molecule has 0 radical (unpaired) electrons. The first kappa shape index (κ1) is 18.4. The van der Waals surface area contributed by atoms with Crippen molar-refractivity contribution in [2.24, 2.45) is 0 Å². The number of benzene rings is 2. The number of hydrogen-bond donors (Lipinski definition) is 2. The molecule has 1 aliphatic rings. The van der Waals surface area contributed by atoms with E-state index in [1.807, 2.05) is 0 Å². The molecular weight excluding hydrogens is 348 g/mol. The summed E-state index contributed by atoms with van der Waals surface area (Å²) in [6.45, 7) is 0.539. The minimum absolute atomic E-state index is 0.139. The van der Waals surface area contributed by atoms with Crippen molar-refractivity contribution in [1.82, 2.24) is 0 Å². The summed E-state index contributed by atoms with van der Waals surface area (Å²) >= 11 is 0. The van der Waals surface area contributed by atoms with Crippen molar-refractivity contribution in [2.45, 2.75) is 31.6 Å². The third-order valence-electron chi connectivity index (χ3n) is 4.41. The summed E-state index contributed by atoms with van der Waals surface area (Å²) in [5.74, 6) is -0.600. The topological polar surface area (TPSA) is 33.5 Å². The lowest BCUT2D eigenvalue weighted by atomic mass is 10.2. The molecule has 1 saturated carbocycles. The predicted octanol–water partition coefficient (Wildman–Crippen LogP) is 3.03. The fraction of sp³-hybridized carbons (Fsp3) is 0.316. The van der Waals surface area contributed by atoms with Gasteiger partial charge >= 0.3 is 6.18 Å². The van der Waals surface area contributed by atoms with Crippen molar-refractivity contribution < 1.29 is 27.3 Å². The fourth-order valence-corrected chi connectivity index (χ4v) is 2.88. The van der Waals surface area contributed by atoms with Gasteiger partial charge in [-0.2, -0.15) is 13.2 Å². The molecule has 1 fully saturated rings. The Morgan fingerprint density at radius 2 is 1.73 bits per heavy atom. The van der Waals surface area contributed by atoms with Crippen molar-refractivity contribution in [3.63, 3.8) is 0 Å². The average Bonchev–Trinajstić information content (AvgIpc) is 3.41. The predicted molar refractivity (Wildman–Crippen MR) is 89.0 cm³/mol. The van der Waals surface area contributed by atoms with Gasteiger partial charge in [-0.05, 0) is 30.3 Å². The number of carbonyl (C=O) groups is 1. The lowest BCUT2D eigenvalue weighted by Gasteiger charge is -2.19. The first-order valence-corrected chi connectivity index (χ1v) is 8.38. The van der Waals surface area contributed by atoms with Gasteiger partial charge in [-0.25, -0.2) is 4.39 Å². The minimum Gasteiger partial charge on any atom is -0.321 e. The maximum Gasteiger partial charge on any atom is 0.416 e. The van der Waals surface area contributed by atoms with Crippen LogP contribution in [0.1, 0.15) is 24.0 Å². The number of rotatable bonds is 6. The van der Waals surface area contributed by atoms with Gasteiger partial charge in [0.2, 0.25) is 0 Å². The molecule has 3 nitrogen and oxygen atoms in total. The molecule has 0 heterocycles. The molecule has 2 N–H and O–H groups in total. The summed E-state index contributed by atoms with van der Waals surface area (Å²) in [4.78, 5) is 13.2. The van der Waals surface area contributed by atoms with Crippen LogP contribution in [0.5, 0.6) is 0 Å². The van der Waals surface area contributed by atoms with Crippen LogP contribution in [0.2, 0.25) is 0 Å². The van der Waals surface area contributed by atoms with Gasteiger partial charge in [-0.1, -0.05) is 18.2 Å². The Bertz CT molecular complexity index is 770. The van der Waals surface area contributed by atoms with Gasteiger partial charge in [-0.15, -0.1) is 0 Å². The lowest BCUT2D eigenvalue weighted by molar-refractivity contribution is -0.917. The molecule has 0 bridgehead atoms. The molecular formula is C19H19F4N2O+. The highest BCUT2D eigenvalue weighted by atomic mass is 19.4. The number of nitrogens with one attached hydrogen (secondary N) is 2. The van der Waals surface area contributed by atoms with Gasteiger partial charge in [0.15, 0.2) is 6.54 Å². The second-order valence-electron chi connectivity index (χ2n) is 6.50. The van der Waals surface area contributed by atoms with Gasteiger partial charge in [0.05, 0.1) is 11.6 Å². The molecule has 0 spiro atoms. The van der Waals surface area contributed by atoms with E-state index in [4.69, 9.17) is 0 Å². The van der Waals surface area contributed by atoms with Crippen LogP contribution in [0, 0.1) is 5.82 Å². The van der Waals surface area contributed by atoms with Crippen molar-refractivity contribution in [3.05, 3.63) is 65.5 Å². The maximum atomic E-state index is 13.8. The van der Waals surface area contributed by atoms with E-state index in [2.05, 4.69) is 5.32 Å². The minimum atomic E-state index is -4.41. The third-order valence-corrected chi connectivity index (χ3v) is 4.41. The maximum absolute atomic E-state index is 13.8. The van der Waals surface area contributed by atoms with Gasteiger partial charge in [0.25, 0.3) is 5.91 Å². The first-order chi connectivity index (χ1) is 12.3. The highest BCUT2D eigenvalue weighted by Crippen LogP contribution is 2.29. The quantitative estimate of drug-likeness (QED) is 0.756. The standard InChI is InChI=1S/C19H18F4N2O/c20-17-4-2-1-3-13(17)11-25(16-9-10-16)12-18(26)24-15-7-5-14(6-8-15)19(21,22)23/h1-8,16H,9-12H2,(H,24,26)/p+1. The second kappa shape index (κ2) is 7.45. The van der Waals surface area contributed by atoms with Crippen LogP contribution in [0.15, 0.2) is 48.5 Å². The van der Waals surface area contributed by atoms with Gasteiger partial charge in [0, 0.05) is 24.1 Å². The molecule has 26 heavy (non-hydrogen) atoms. The van der Waals surface area contributed by atoms with Crippen LogP contribution in [0.4, 0.5) is 23.2 Å². The zero-order valence-electron chi connectivity index (χ0n) is 13.9. The molecule has 3 rings (SSSR count). The summed E-state index contributed by atoms with van der Waals surface area (Å²) in [5.41, 5.74) is 0.0982. The van der Waals surface area contributed by atoms with E-state index in [1.54, 1.807) is 18.2 Å². The Morgan fingerprint density at radius 1 is 1.08 bits per heavy atom. The summed E-state index contributed by atoms with van der Waals surface area (Å²) < 4.78 is 51.6. The summed E-state index contributed by atoms with van der Waals surface area (Å²) in [5, 5.41) is 2.61. The molecule has 0 saturated heterocycles. The molecule has 2 aromatic carbocycles. The molecule has 138 valence electrons. The van der Waals surface area contributed by atoms with Crippen LogP contribution in [-0.4, -0.2) is 18.5 Å². The largest absolute Gasteiger partial charge is 0.416 e. The lowest BCUT2D eigenvalue weighted by Crippen LogP contribution is -3.13. The number of amides is 1. The Morgan fingerprint density at radius 3 is 2.31 bits per heavy atom. The van der Waals surface area contributed by atoms with E-state index in [-0.39, 0.29) is 18.3 Å². The third kappa shape index (κ3) is 4.82. The van der Waals surface area contributed by atoms with Crippen LogP contribution >= 0.6 is 0 Å². The first-order valence-electron chi connectivity index (χ1n) is 8.38. The summed E-state index contributed by atoms with van der Waals surface area (Å²) in [6, 6.07) is 11.1. The molecule has 1 unspecified atom stereocenters. The smallest absolute Gasteiger partial charge is 0.321 e. The van der Waals surface area contributed by atoms with E-state index in [0.29, 0.717) is 23.8 Å². The second-order valence-corrected chi connectivity index (χ2v) is 6.50. The molecule has 1 aliphatic carbocycles. The van der Waals surface area contributed by atoms with Crippen LogP contribution in [0.25, 0.3) is 0 Å². The van der Waals surface area contributed by atoms with Crippen LogP contribution in [0.3, 0.4) is 0 Å². The Labute approximate surface area is 148 Å². The molecule has 0 aliphatic heterocycles. The number of carbonyl (C=O) groups excluding carboxylic acids is 1. The van der Waals surface area contributed by atoms with E-state index in [1.165, 1.54) is 18.2 Å². The zero-order chi connectivity index (χ0) is 18.7. The van der Waals surface area contributed by atoms with E-state index in [0.717, 1.165) is 29.9 Å². The van der Waals surface area contributed by atoms with Gasteiger partial charge in [-0.3, -0.25) is 4.79 Å². The Hall–Kier alpha value is -2.41. The Kier molecular flexibility index (Phi) is 5.27. The fourth-order valence-electron chi connectivity index (χ4n) is 2.88. The molecule has 7 heteroatoms. The van der Waals surface area contributed by atoms with Crippen molar-refractivity contribution in [1.29, 1.82) is 0 Å². The number of halogens is 4. The number of alkyl halides is 3. The van der Waals surface area contributed by atoms with Crippen LogP contribution in [-0.2, 0) is 17.5 Å². The summed E-state index contributed by atoms with van der Waals surface area (Å²) in [7, 11) is 0. The number of quaternary nitrogens is 1. The molecule has 1 atom stereocenters. The van der Waals surface area contributed by atoms with Crippen molar-refractivity contribution in [2.75, 3.05) is 11.9 Å². The van der Waals surface area contributed by atoms with E-state index in [9.17, 15) is 22.4 Å². The van der Waals surface area contributed by atoms with Crippen LogP contribution < -0.4 is 10.2 Å². The molecule has 1 amide bonds. The highest BCUT2D eigenvalue weighted by Gasteiger charge is 2.35. The van der Waals surface area contributed by atoms with E-state index < -0.39 is 11.7 Å². The number of anilines is 1. The molecule has 2 aromatic rings. The summed E-state index contributed by atoms with van der Waals surface area (Å²) in [6.07, 6.45) is -2.44. The van der Waals surface area contributed by atoms with Gasteiger partial charge < -0.3 is 10.2 Å². The van der Waals surface area contributed by atoms with Gasteiger partial charge in [0.1, 0.15) is 12.4 Å². The SMILES string of the molecule is O=C(C[NH+](Cc1ccccc1F)C1CC1)Nc1ccc(C(F)(F)F)cc1. The zero-order valence-corrected chi connectivity index (χ0v) is 13.9. The normalized spacial score (nSPS) is 15.5. The van der Waals surface area contributed by atoms with Crippen molar-refractivity contribution in [3.8, 4) is 0 Å². The van der Waals surface area contributed by atoms with Crippen molar-refractivity contribution >= 4 is 11.6 Å². The highest BCUT2D eigenvalue weighted by molar-refractivity contribution is 5.91. The molecule has 0 aromatic heterocycles.